The number of carbonyl (C=O) groups is 1. The molecule has 8 heteroatoms. The van der Waals surface area contributed by atoms with Crippen molar-refractivity contribution < 1.29 is 9.53 Å². The summed E-state index contributed by atoms with van der Waals surface area (Å²) in [5, 5.41) is 12.1. The second-order valence-corrected chi connectivity index (χ2v) is 7.77. The molecule has 0 aliphatic carbocycles. The van der Waals surface area contributed by atoms with Gasteiger partial charge in [0.25, 0.3) is 0 Å². The molecule has 0 saturated heterocycles. The molecule has 0 amide bonds. The number of hydrogen-bond acceptors (Lipinski definition) is 7. The van der Waals surface area contributed by atoms with Gasteiger partial charge >= 0.3 is 0 Å². The number of thioether (sulfide) groups is 1. The molecule has 0 radical (unpaired) electrons. The predicted octanol–water partition coefficient (Wildman–Crippen LogP) is 3.57. The van der Waals surface area contributed by atoms with Crippen LogP contribution in [0.1, 0.15) is 41.6 Å². The summed E-state index contributed by atoms with van der Waals surface area (Å²) in [6.07, 6.45) is 0. The first-order chi connectivity index (χ1) is 11.5. The van der Waals surface area contributed by atoms with Gasteiger partial charge in [0.2, 0.25) is 5.13 Å². The molecular weight excluding hydrogens is 344 g/mol. The molecule has 0 fully saturated rings. The molecule has 2 heterocycles. The molecule has 24 heavy (non-hydrogen) atoms. The Morgan fingerprint density at radius 2 is 2.21 bits per heavy atom. The fourth-order valence-electron chi connectivity index (χ4n) is 2.75. The van der Waals surface area contributed by atoms with Crippen molar-refractivity contribution >= 4 is 34.0 Å². The monoisotopic (exact) mass is 368 g/mol. The van der Waals surface area contributed by atoms with Crippen molar-refractivity contribution in [2.75, 3.05) is 31.3 Å². The largest absolute Gasteiger partial charge is 0.383 e. The van der Waals surface area contributed by atoms with Gasteiger partial charge in [0.1, 0.15) is 0 Å². The minimum Gasteiger partial charge on any atom is -0.383 e. The summed E-state index contributed by atoms with van der Waals surface area (Å²) in [4.78, 5) is 12.6. The molecule has 2 aromatic heterocycles. The first kappa shape index (κ1) is 19.0. The summed E-state index contributed by atoms with van der Waals surface area (Å²) >= 11 is 2.91. The van der Waals surface area contributed by atoms with E-state index in [-0.39, 0.29) is 11.8 Å². The number of aryl methyl sites for hydroxylation is 1. The molecule has 6 nitrogen and oxygen atoms in total. The van der Waals surface area contributed by atoms with Crippen LogP contribution >= 0.6 is 23.1 Å². The quantitative estimate of drug-likeness (QED) is 0.539. The fraction of sp³-hybridized carbons (Fsp3) is 0.562. The van der Waals surface area contributed by atoms with Crippen LogP contribution < -0.4 is 5.32 Å². The molecular formula is C16H24N4O2S2. The van der Waals surface area contributed by atoms with Gasteiger partial charge in [-0.3, -0.25) is 4.79 Å². The van der Waals surface area contributed by atoms with Crippen LogP contribution in [0.25, 0.3) is 0 Å². The Labute approximate surface area is 151 Å². The Bertz CT molecular complexity index is 696. The number of carbonyl (C=O) groups excluding carboxylic acids is 1. The van der Waals surface area contributed by atoms with Crippen molar-refractivity contribution in [2.45, 2.75) is 38.1 Å². The third kappa shape index (κ3) is 4.37. The molecule has 0 bridgehead atoms. The first-order valence-corrected chi connectivity index (χ1v) is 9.68. The summed E-state index contributed by atoms with van der Waals surface area (Å²) < 4.78 is 8.20. The van der Waals surface area contributed by atoms with Crippen LogP contribution in [0.2, 0.25) is 0 Å². The van der Waals surface area contributed by atoms with E-state index in [9.17, 15) is 4.79 Å². The van der Waals surface area contributed by atoms with Gasteiger partial charge in [0, 0.05) is 30.6 Å². The van der Waals surface area contributed by atoms with E-state index in [0.29, 0.717) is 12.4 Å². The van der Waals surface area contributed by atoms with Gasteiger partial charge in [-0.1, -0.05) is 23.1 Å². The molecule has 0 spiro atoms. The van der Waals surface area contributed by atoms with E-state index in [0.717, 1.165) is 33.0 Å². The highest BCUT2D eigenvalue weighted by Crippen LogP contribution is 2.27. The number of aromatic nitrogens is 3. The zero-order valence-corrected chi connectivity index (χ0v) is 16.4. The van der Waals surface area contributed by atoms with E-state index < -0.39 is 0 Å². The molecule has 2 aromatic rings. The molecule has 0 saturated carbocycles. The van der Waals surface area contributed by atoms with Crippen molar-refractivity contribution in [3.05, 3.63) is 23.0 Å². The van der Waals surface area contributed by atoms with Gasteiger partial charge in [-0.25, -0.2) is 0 Å². The molecule has 0 aliphatic heterocycles. The first-order valence-electron chi connectivity index (χ1n) is 7.88. The van der Waals surface area contributed by atoms with Crippen LogP contribution in [0.3, 0.4) is 0 Å². The lowest BCUT2D eigenvalue weighted by atomic mass is 10.2. The fourth-order valence-corrected chi connectivity index (χ4v) is 4.45. The second-order valence-electron chi connectivity index (χ2n) is 5.57. The van der Waals surface area contributed by atoms with Crippen LogP contribution in [-0.4, -0.2) is 46.6 Å². The minimum absolute atomic E-state index is 0.115. The Hall–Kier alpha value is -1.38. The van der Waals surface area contributed by atoms with Crippen LogP contribution in [-0.2, 0) is 4.74 Å². The number of nitrogens with zero attached hydrogens (tertiary/aromatic N) is 3. The Morgan fingerprint density at radius 1 is 1.46 bits per heavy atom. The van der Waals surface area contributed by atoms with E-state index in [4.69, 9.17) is 4.74 Å². The Morgan fingerprint density at radius 3 is 2.88 bits per heavy atom. The molecule has 1 N–H and O–H groups in total. The number of methoxy groups -OCH3 is 1. The van der Waals surface area contributed by atoms with Crippen molar-refractivity contribution in [2.24, 2.45) is 0 Å². The van der Waals surface area contributed by atoms with Crippen molar-refractivity contribution in [1.82, 2.24) is 14.8 Å². The lowest BCUT2D eigenvalue weighted by Crippen LogP contribution is -2.14. The average Bonchev–Trinajstić information content (AvgIpc) is 3.10. The standard InChI is InChI=1S/C16H24N4O2S2/c1-6-17-15-18-19-16(24-15)23-9-14(21)13-7-10(2)20(12(13)4)11(3)8-22-5/h7,11H,6,8-9H2,1-5H3,(H,17,18)/t11-/m0/s1. The Kier molecular flexibility index (Phi) is 6.82. The molecule has 2 rings (SSSR count). The van der Waals surface area contributed by atoms with Gasteiger partial charge in [-0.2, -0.15) is 0 Å². The summed E-state index contributed by atoms with van der Waals surface area (Å²) in [5.41, 5.74) is 2.85. The lowest BCUT2D eigenvalue weighted by Gasteiger charge is -2.17. The SMILES string of the molecule is CCNc1nnc(SCC(=O)c2cc(C)n([C@@H](C)COC)c2C)s1. The summed E-state index contributed by atoms with van der Waals surface area (Å²) in [6.45, 7) is 9.55. The molecule has 1 atom stereocenters. The number of nitrogens with one attached hydrogen (secondary N) is 1. The van der Waals surface area contributed by atoms with E-state index in [1.807, 2.05) is 26.8 Å². The maximum absolute atomic E-state index is 12.6. The minimum atomic E-state index is 0.115. The van der Waals surface area contributed by atoms with E-state index >= 15 is 0 Å². The average molecular weight is 369 g/mol. The number of hydrogen-bond donors (Lipinski definition) is 1. The summed E-state index contributed by atoms with van der Waals surface area (Å²) in [6, 6.07) is 2.17. The maximum atomic E-state index is 12.6. The highest BCUT2D eigenvalue weighted by atomic mass is 32.2. The van der Waals surface area contributed by atoms with Crippen molar-refractivity contribution in [1.29, 1.82) is 0 Å². The highest BCUT2D eigenvalue weighted by Gasteiger charge is 2.19. The third-order valence-corrected chi connectivity index (χ3v) is 5.71. The van der Waals surface area contributed by atoms with Crippen molar-refractivity contribution in [3.8, 4) is 0 Å². The van der Waals surface area contributed by atoms with Gasteiger partial charge in [-0.05, 0) is 33.8 Å². The normalized spacial score (nSPS) is 12.4. The highest BCUT2D eigenvalue weighted by molar-refractivity contribution is 8.01. The smallest absolute Gasteiger partial charge is 0.206 e. The molecule has 0 unspecified atom stereocenters. The number of anilines is 1. The number of rotatable bonds is 9. The maximum Gasteiger partial charge on any atom is 0.206 e. The number of ether oxygens (including phenoxy) is 1. The van der Waals surface area contributed by atoms with Gasteiger partial charge in [0.15, 0.2) is 10.1 Å². The molecule has 0 aliphatic rings. The number of ketones is 1. The van der Waals surface area contributed by atoms with Gasteiger partial charge in [-0.15, -0.1) is 10.2 Å². The molecule has 0 aromatic carbocycles. The van der Waals surface area contributed by atoms with Gasteiger partial charge in [0.05, 0.1) is 18.4 Å². The van der Waals surface area contributed by atoms with Crippen LogP contribution in [0.4, 0.5) is 5.13 Å². The van der Waals surface area contributed by atoms with E-state index in [1.54, 1.807) is 7.11 Å². The van der Waals surface area contributed by atoms with Crippen LogP contribution in [0, 0.1) is 13.8 Å². The van der Waals surface area contributed by atoms with E-state index in [2.05, 4.69) is 27.0 Å². The Balaban J connectivity index is 2.05. The van der Waals surface area contributed by atoms with Crippen LogP contribution in [0.15, 0.2) is 10.4 Å². The third-order valence-electron chi connectivity index (χ3n) is 3.69. The van der Waals surface area contributed by atoms with Crippen LogP contribution in [0.5, 0.6) is 0 Å². The number of Topliss-reactive ketones (excluding diaryl/α,β-unsaturated/α-hetero) is 1. The zero-order valence-electron chi connectivity index (χ0n) is 14.8. The summed E-state index contributed by atoms with van der Waals surface area (Å²) in [5.74, 6) is 0.480. The zero-order chi connectivity index (χ0) is 17.7. The predicted molar refractivity (Wildman–Crippen MR) is 99.6 cm³/mol. The van der Waals surface area contributed by atoms with Gasteiger partial charge < -0.3 is 14.6 Å². The second kappa shape index (κ2) is 8.64. The van der Waals surface area contributed by atoms with E-state index in [1.165, 1.54) is 23.1 Å². The topological polar surface area (TPSA) is 69.0 Å². The summed E-state index contributed by atoms with van der Waals surface area (Å²) in [7, 11) is 1.69. The van der Waals surface area contributed by atoms with Crippen molar-refractivity contribution in [3.63, 3.8) is 0 Å². The lowest BCUT2D eigenvalue weighted by molar-refractivity contribution is 0.102. The molecule has 132 valence electrons.